The summed E-state index contributed by atoms with van der Waals surface area (Å²) in [4.78, 5) is 24.3. The smallest absolute Gasteiger partial charge is 0.306 e. The summed E-state index contributed by atoms with van der Waals surface area (Å²) in [6.45, 7) is 4.30. The molecule has 0 aromatic carbocycles. The van der Waals surface area contributed by atoms with Crippen molar-refractivity contribution in [2.75, 3.05) is 33.8 Å². The summed E-state index contributed by atoms with van der Waals surface area (Å²) in [6.07, 6.45) is 0.145. The summed E-state index contributed by atoms with van der Waals surface area (Å²) < 4.78 is 4.72. The molecule has 0 aromatic heterocycles. The second-order valence-corrected chi connectivity index (χ2v) is 4.82. The summed E-state index contributed by atoms with van der Waals surface area (Å²) in [5.74, 6) is -0.644. The van der Waals surface area contributed by atoms with Crippen LogP contribution in [0.2, 0.25) is 0 Å². The molecule has 0 bridgehead atoms. The molecule has 0 aliphatic rings. The van der Waals surface area contributed by atoms with Crippen molar-refractivity contribution >= 4 is 11.9 Å². The van der Waals surface area contributed by atoms with Crippen LogP contribution in [0.25, 0.3) is 0 Å². The van der Waals surface area contributed by atoms with Crippen molar-refractivity contribution in [3.8, 4) is 0 Å². The number of hydrogen-bond donors (Lipinski definition) is 2. The molecule has 0 fully saturated rings. The van der Waals surface area contributed by atoms with Gasteiger partial charge in [-0.3, -0.25) is 9.59 Å². The van der Waals surface area contributed by atoms with Gasteiger partial charge in [-0.05, 0) is 27.9 Å². The van der Waals surface area contributed by atoms with Crippen molar-refractivity contribution in [3.63, 3.8) is 0 Å². The zero-order chi connectivity index (χ0) is 14.2. The minimum absolute atomic E-state index is 0.0650. The lowest BCUT2D eigenvalue weighted by Crippen LogP contribution is -2.47. The predicted octanol–water partition coefficient (Wildman–Crippen LogP) is -0.241. The number of rotatable bonds is 8. The highest BCUT2D eigenvalue weighted by Gasteiger charge is 2.22. The van der Waals surface area contributed by atoms with Gasteiger partial charge in [0.15, 0.2) is 0 Å². The largest absolute Gasteiger partial charge is 0.466 e. The Morgan fingerprint density at radius 2 is 1.94 bits per heavy atom. The molecule has 0 saturated heterocycles. The van der Waals surface area contributed by atoms with Gasteiger partial charge in [-0.1, -0.05) is 0 Å². The molecule has 0 aromatic rings. The molecule has 6 heteroatoms. The number of carbonyl (C=O) groups excluding carboxylic acids is 2. The Morgan fingerprint density at radius 1 is 1.33 bits per heavy atom. The normalized spacial score (nSPS) is 14.1. The zero-order valence-electron chi connectivity index (χ0n) is 11.7. The van der Waals surface area contributed by atoms with Crippen molar-refractivity contribution in [2.45, 2.75) is 32.3 Å². The Morgan fingerprint density at radius 3 is 2.44 bits per heavy atom. The maximum absolute atomic E-state index is 11.4. The van der Waals surface area contributed by atoms with Gasteiger partial charge >= 0.3 is 5.97 Å². The van der Waals surface area contributed by atoms with Gasteiger partial charge < -0.3 is 20.1 Å². The Balaban J connectivity index is 3.86. The fourth-order valence-electron chi connectivity index (χ4n) is 1.56. The number of likely N-dealkylation sites (N-methyl/N-ethyl adjacent to an activating group) is 1. The highest BCUT2D eigenvalue weighted by Crippen LogP contribution is 2.03. The van der Waals surface area contributed by atoms with Crippen molar-refractivity contribution in [3.05, 3.63) is 0 Å². The molecule has 6 nitrogen and oxygen atoms in total. The van der Waals surface area contributed by atoms with E-state index in [4.69, 9.17) is 4.74 Å². The Hall–Kier alpha value is -1.14. The molecule has 0 aliphatic carbocycles. The molecule has 1 atom stereocenters. The van der Waals surface area contributed by atoms with E-state index in [1.165, 1.54) is 0 Å². The highest BCUT2D eigenvalue weighted by molar-refractivity contribution is 5.81. The molecule has 0 rings (SSSR count). The van der Waals surface area contributed by atoms with Crippen LogP contribution in [0.4, 0.5) is 0 Å². The van der Waals surface area contributed by atoms with Gasteiger partial charge in [0.05, 0.1) is 18.6 Å². The molecule has 1 unspecified atom stereocenters. The van der Waals surface area contributed by atoms with Gasteiger partial charge in [-0.2, -0.15) is 0 Å². The van der Waals surface area contributed by atoms with Crippen molar-refractivity contribution in [1.29, 1.82) is 0 Å². The minimum atomic E-state index is -0.983. The van der Waals surface area contributed by atoms with Crippen molar-refractivity contribution < 1.29 is 19.4 Å². The molecule has 0 spiro atoms. The van der Waals surface area contributed by atoms with Crippen LogP contribution in [0.15, 0.2) is 0 Å². The number of esters is 1. The summed E-state index contributed by atoms with van der Waals surface area (Å²) in [5, 5.41) is 12.5. The first kappa shape index (κ1) is 16.9. The first-order valence-electron chi connectivity index (χ1n) is 6.06. The number of ether oxygens (including phenoxy) is 1. The first-order valence-corrected chi connectivity index (χ1v) is 6.06. The molecule has 0 radical (unpaired) electrons. The third kappa shape index (κ3) is 8.95. The molecule has 0 heterocycles. The number of amides is 1. The van der Waals surface area contributed by atoms with Crippen LogP contribution in [-0.4, -0.2) is 61.3 Å². The van der Waals surface area contributed by atoms with E-state index in [-0.39, 0.29) is 31.3 Å². The van der Waals surface area contributed by atoms with E-state index in [2.05, 4.69) is 5.32 Å². The summed E-state index contributed by atoms with van der Waals surface area (Å²) >= 11 is 0. The summed E-state index contributed by atoms with van der Waals surface area (Å²) in [7, 11) is 3.69. The second kappa shape index (κ2) is 8.05. The molecule has 2 N–H and O–H groups in total. The minimum Gasteiger partial charge on any atom is -0.466 e. The lowest BCUT2D eigenvalue weighted by molar-refractivity contribution is -0.144. The summed E-state index contributed by atoms with van der Waals surface area (Å²) in [6, 6.07) is 0. The van der Waals surface area contributed by atoms with Gasteiger partial charge in [0.25, 0.3) is 0 Å². The van der Waals surface area contributed by atoms with Crippen LogP contribution in [0.5, 0.6) is 0 Å². The average molecular weight is 260 g/mol. The third-order valence-corrected chi connectivity index (χ3v) is 2.18. The van der Waals surface area contributed by atoms with Gasteiger partial charge in [0.1, 0.15) is 0 Å². The fraction of sp³-hybridized carbons (Fsp3) is 0.833. The monoisotopic (exact) mass is 260 g/mol. The maximum Gasteiger partial charge on any atom is 0.306 e. The highest BCUT2D eigenvalue weighted by atomic mass is 16.5. The number of nitrogens with one attached hydrogen (secondary N) is 1. The SMILES string of the molecule is CCOC(=O)CCC(=O)NCC(C)(O)CN(C)C. The Labute approximate surface area is 108 Å². The molecular weight excluding hydrogens is 236 g/mol. The van der Waals surface area contributed by atoms with Crippen LogP contribution in [0.3, 0.4) is 0 Å². The van der Waals surface area contributed by atoms with Gasteiger partial charge in [-0.15, -0.1) is 0 Å². The van der Waals surface area contributed by atoms with Crippen molar-refractivity contribution in [1.82, 2.24) is 10.2 Å². The van der Waals surface area contributed by atoms with E-state index < -0.39 is 5.60 Å². The topological polar surface area (TPSA) is 78.9 Å². The number of nitrogens with zero attached hydrogens (tertiary/aromatic N) is 1. The van der Waals surface area contributed by atoms with Crippen molar-refractivity contribution in [2.24, 2.45) is 0 Å². The molecule has 1 amide bonds. The van der Waals surface area contributed by atoms with Crippen LogP contribution in [0, 0.1) is 0 Å². The molecule has 106 valence electrons. The van der Waals surface area contributed by atoms with E-state index in [1.54, 1.807) is 13.8 Å². The standard InChI is InChI=1S/C12H24N2O4/c1-5-18-11(16)7-6-10(15)13-8-12(2,17)9-14(3)4/h17H,5-9H2,1-4H3,(H,13,15). The van der Waals surface area contributed by atoms with Crippen LogP contribution >= 0.6 is 0 Å². The number of carbonyl (C=O) groups is 2. The van der Waals surface area contributed by atoms with Gasteiger partial charge in [-0.25, -0.2) is 0 Å². The number of hydrogen-bond acceptors (Lipinski definition) is 5. The second-order valence-electron chi connectivity index (χ2n) is 4.82. The van der Waals surface area contributed by atoms with E-state index in [1.807, 2.05) is 19.0 Å². The first-order chi connectivity index (χ1) is 8.26. The molecule has 0 saturated carbocycles. The zero-order valence-corrected chi connectivity index (χ0v) is 11.7. The molecular formula is C12H24N2O4. The van der Waals surface area contributed by atoms with E-state index >= 15 is 0 Å². The third-order valence-electron chi connectivity index (χ3n) is 2.18. The molecule has 0 aliphatic heterocycles. The molecule has 18 heavy (non-hydrogen) atoms. The predicted molar refractivity (Wildman–Crippen MR) is 68.1 cm³/mol. The van der Waals surface area contributed by atoms with Crippen LogP contribution < -0.4 is 5.32 Å². The van der Waals surface area contributed by atoms with Crippen LogP contribution in [-0.2, 0) is 14.3 Å². The van der Waals surface area contributed by atoms with Gasteiger partial charge in [0, 0.05) is 19.5 Å². The van der Waals surface area contributed by atoms with Crippen LogP contribution in [0.1, 0.15) is 26.7 Å². The summed E-state index contributed by atoms with van der Waals surface area (Å²) in [5.41, 5.74) is -0.983. The lowest BCUT2D eigenvalue weighted by Gasteiger charge is -2.27. The lowest BCUT2D eigenvalue weighted by atomic mass is 10.1. The Bertz CT molecular complexity index is 277. The fourth-order valence-corrected chi connectivity index (χ4v) is 1.56. The van der Waals surface area contributed by atoms with E-state index in [0.29, 0.717) is 13.2 Å². The number of aliphatic hydroxyl groups is 1. The van der Waals surface area contributed by atoms with Gasteiger partial charge in [0.2, 0.25) is 5.91 Å². The maximum atomic E-state index is 11.4. The van der Waals surface area contributed by atoms with E-state index in [0.717, 1.165) is 0 Å². The Kier molecular flexibility index (Phi) is 7.54. The van der Waals surface area contributed by atoms with E-state index in [9.17, 15) is 14.7 Å². The quantitative estimate of drug-likeness (QED) is 0.589. The average Bonchev–Trinajstić information content (AvgIpc) is 2.22.